The van der Waals surface area contributed by atoms with E-state index in [0.717, 1.165) is 0 Å². The molecule has 3 nitrogen and oxygen atoms in total. The normalized spacial score (nSPS) is 13.2. The van der Waals surface area contributed by atoms with Gasteiger partial charge in [0.2, 0.25) is 0 Å². The van der Waals surface area contributed by atoms with Crippen LogP contribution in [0.3, 0.4) is 0 Å². The summed E-state index contributed by atoms with van der Waals surface area (Å²) in [6.07, 6.45) is -5.41. The molecule has 0 fully saturated rings. The molecule has 100 valence electrons. The van der Waals surface area contributed by atoms with E-state index in [1.807, 2.05) is 0 Å². The van der Waals surface area contributed by atoms with Gasteiger partial charge in [0, 0.05) is 22.3 Å². The second-order valence-electron chi connectivity index (χ2n) is 3.97. The molecule has 1 atom stereocenters. The van der Waals surface area contributed by atoms with E-state index in [1.165, 1.54) is 25.1 Å². The molecule has 0 saturated carbocycles. The van der Waals surface area contributed by atoms with Crippen molar-refractivity contribution in [2.75, 3.05) is 5.73 Å². The first kappa shape index (κ1) is 14.6. The highest BCUT2D eigenvalue weighted by molar-refractivity contribution is 6.31. The van der Waals surface area contributed by atoms with Gasteiger partial charge in [0.15, 0.2) is 0 Å². The fourth-order valence-corrected chi connectivity index (χ4v) is 1.69. The first-order chi connectivity index (χ1) is 8.17. The number of carbonyl (C=O) groups excluding carboxylic acids is 1. The number of nitrogen functional groups attached to an aromatic ring is 1. The molecule has 0 radical (unpaired) electrons. The lowest BCUT2D eigenvalue weighted by Gasteiger charge is -2.16. The minimum Gasteiger partial charge on any atom is -0.399 e. The SMILES string of the molecule is CC(CC(F)(F)F)NC(=O)c1cc(N)cc(Cl)c1. The van der Waals surface area contributed by atoms with Gasteiger partial charge in [-0.05, 0) is 25.1 Å². The molecule has 1 unspecified atom stereocenters. The lowest BCUT2D eigenvalue weighted by atomic mass is 10.1. The van der Waals surface area contributed by atoms with E-state index in [1.54, 1.807) is 0 Å². The highest BCUT2D eigenvalue weighted by Gasteiger charge is 2.30. The third-order valence-corrected chi connectivity index (χ3v) is 2.32. The van der Waals surface area contributed by atoms with Crippen molar-refractivity contribution in [3.05, 3.63) is 28.8 Å². The number of alkyl halides is 3. The number of rotatable bonds is 3. The average Bonchev–Trinajstić information content (AvgIpc) is 2.12. The van der Waals surface area contributed by atoms with E-state index in [-0.39, 0.29) is 16.3 Å². The number of nitrogens with two attached hydrogens (primary N) is 1. The van der Waals surface area contributed by atoms with Gasteiger partial charge in [-0.1, -0.05) is 11.6 Å². The molecule has 0 aliphatic rings. The zero-order chi connectivity index (χ0) is 13.9. The Kier molecular flexibility index (Phi) is 4.45. The second-order valence-corrected chi connectivity index (χ2v) is 4.40. The summed E-state index contributed by atoms with van der Waals surface area (Å²) < 4.78 is 36.3. The molecule has 1 amide bonds. The zero-order valence-corrected chi connectivity index (χ0v) is 10.3. The van der Waals surface area contributed by atoms with Crippen molar-refractivity contribution in [1.29, 1.82) is 0 Å². The fourth-order valence-electron chi connectivity index (χ4n) is 1.45. The average molecular weight is 281 g/mol. The first-order valence-electron chi connectivity index (χ1n) is 5.11. The Bertz CT molecular complexity index is 428. The standard InChI is InChI=1S/C11H12ClF3N2O/c1-6(5-11(13,14)15)17-10(18)7-2-8(12)4-9(16)3-7/h2-4,6H,5,16H2,1H3,(H,17,18). The molecular weight excluding hydrogens is 269 g/mol. The lowest BCUT2D eigenvalue weighted by Crippen LogP contribution is -2.35. The molecule has 0 aliphatic carbocycles. The highest BCUT2D eigenvalue weighted by Crippen LogP contribution is 2.22. The van der Waals surface area contributed by atoms with Crippen molar-refractivity contribution >= 4 is 23.2 Å². The van der Waals surface area contributed by atoms with E-state index in [9.17, 15) is 18.0 Å². The predicted molar refractivity (Wildman–Crippen MR) is 63.5 cm³/mol. The molecule has 0 spiro atoms. The van der Waals surface area contributed by atoms with Crippen LogP contribution in [0.25, 0.3) is 0 Å². The number of benzene rings is 1. The summed E-state index contributed by atoms with van der Waals surface area (Å²) in [5.41, 5.74) is 5.89. The molecule has 0 saturated heterocycles. The largest absolute Gasteiger partial charge is 0.399 e. The van der Waals surface area contributed by atoms with Crippen LogP contribution >= 0.6 is 11.6 Å². The molecule has 0 aliphatic heterocycles. The van der Waals surface area contributed by atoms with Crippen LogP contribution in [0.15, 0.2) is 18.2 Å². The molecule has 3 N–H and O–H groups in total. The van der Waals surface area contributed by atoms with E-state index in [4.69, 9.17) is 17.3 Å². The number of carbonyl (C=O) groups is 1. The maximum atomic E-state index is 12.1. The quantitative estimate of drug-likeness (QED) is 0.836. The Morgan fingerprint density at radius 1 is 1.44 bits per heavy atom. The van der Waals surface area contributed by atoms with E-state index in [0.29, 0.717) is 0 Å². The van der Waals surface area contributed by atoms with Gasteiger partial charge in [0.1, 0.15) is 0 Å². The van der Waals surface area contributed by atoms with Gasteiger partial charge in [0.05, 0.1) is 6.42 Å². The molecule has 7 heteroatoms. The number of hydrogen-bond acceptors (Lipinski definition) is 2. The number of anilines is 1. The van der Waals surface area contributed by atoms with Crippen molar-refractivity contribution in [1.82, 2.24) is 5.32 Å². The van der Waals surface area contributed by atoms with Crippen LogP contribution in [0.2, 0.25) is 5.02 Å². The van der Waals surface area contributed by atoms with Gasteiger partial charge in [0.25, 0.3) is 5.91 Å². The second kappa shape index (κ2) is 5.48. The van der Waals surface area contributed by atoms with Gasteiger partial charge in [-0.25, -0.2) is 0 Å². The van der Waals surface area contributed by atoms with Crippen LogP contribution in [0.4, 0.5) is 18.9 Å². The number of halogens is 4. The van der Waals surface area contributed by atoms with Crippen LogP contribution in [-0.2, 0) is 0 Å². The van der Waals surface area contributed by atoms with E-state index >= 15 is 0 Å². The summed E-state index contributed by atoms with van der Waals surface area (Å²) in [7, 11) is 0. The Morgan fingerprint density at radius 2 is 2.06 bits per heavy atom. The third-order valence-electron chi connectivity index (χ3n) is 2.10. The molecule has 1 rings (SSSR count). The first-order valence-corrected chi connectivity index (χ1v) is 5.49. The summed E-state index contributed by atoms with van der Waals surface area (Å²) in [5, 5.41) is 2.49. The van der Waals surface area contributed by atoms with Gasteiger partial charge >= 0.3 is 6.18 Å². The van der Waals surface area contributed by atoms with Gasteiger partial charge < -0.3 is 11.1 Å². The molecule has 0 aromatic heterocycles. The van der Waals surface area contributed by atoms with E-state index in [2.05, 4.69) is 5.32 Å². The predicted octanol–water partition coefficient (Wildman–Crippen LogP) is 2.99. The van der Waals surface area contributed by atoms with Crippen LogP contribution < -0.4 is 11.1 Å². The minimum atomic E-state index is -4.32. The van der Waals surface area contributed by atoms with Crippen molar-refractivity contribution in [2.24, 2.45) is 0 Å². The number of hydrogen-bond donors (Lipinski definition) is 2. The number of nitrogens with one attached hydrogen (secondary N) is 1. The lowest BCUT2D eigenvalue weighted by molar-refractivity contribution is -0.138. The van der Waals surface area contributed by atoms with Gasteiger partial charge in [-0.15, -0.1) is 0 Å². The Labute approximate surface area is 107 Å². The van der Waals surface area contributed by atoms with Crippen molar-refractivity contribution in [3.8, 4) is 0 Å². The highest BCUT2D eigenvalue weighted by atomic mass is 35.5. The molecular formula is C11H12ClF3N2O. The molecule has 0 heterocycles. The van der Waals surface area contributed by atoms with Gasteiger partial charge in [-0.3, -0.25) is 4.79 Å². The number of amides is 1. The van der Waals surface area contributed by atoms with Crippen LogP contribution in [0.1, 0.15) is 23.7 Å². The summed E-state index contributed by atoms with van der Waals surface area (Å²) in [6.45, 7) is 1.28. The summed E-state index contributed by atoms with van der Waals surface area (Å²) in [5.74, 6) is -0.638. The van der Waals surface area contributed by atoms with Crippen LogP contribution in [0, 0.1) is 0 Å². The topological polar surface area (TPSA) is 55.1 Å². The third kappa shape index (κ3) is 4.83. The van der Waals surface area contributed by atoms with E-state index < -0.39 is 24.5 Å². The minimum absolute atomic E-state index is 0.133. The molecule has 1 aromatic carbocycles. The van der Waals surface area contributed by atoms with Crippen LogP contribution in [0.5, 0.6) is 0 Å². The van der Waals surface area contributed by atoms with Crippen molar-refractivity contribution in [2.45, 2.75) is 25.6 Å². The van der Waals surface area contributed by atoms with Gasteiger partial charge in [-0.2, -0.15) is 13.2 Å². The summed E-state index contributed by atoms with van der Waals surface area (Å²) in [4.78, 5) is 11.7. The monoisotopic (exact) mass is 280 g/mol. The molecule has 1 aromatic rings. The summed E-state index contributed by atoms with van der Waals surface area (Å²) in [6, 6.07) is 3.12. The zero-order valence-electron chi connectivity index (χ0n) is 9.51. The van der Waals surface area contributed by atoms with Crippen molar-refractivity contribution in [3.63, 3.8) is 0 Å². The fraction of sp³-hybridized carbons (Fsp3) is 0.364. The Balaban J connectivity index is 2.70. The Morgan fingerprint density at radius 3 is 2.56 bits per heavy atom. The summed E-state index contributed by atoms with van der Waals surface area (Å²) >= 11 is 5.70. The smallest absolute Gasteiger partial charge is 0.391 e. The molecule has 0 bridgehead atoms. The Hall–Kier alpha value is -1.43. The van der Waals surface area contributed by atoms with Crippen LogP contribution in [-0.4, -0.2) is 18.1 Å². The molecule has 18 heavy (non-hydrogen) atoms. The van der Waals surface area contributed by atoms with Crippen molar-refractivity contribution < 1.29 is 18.0 Å². The maximum Gasteiger partial charge on any atom is 0.391 e. The maximum absolute atomic E-state index is 12.1.